The Morgan fingerprint density at radius 3 is 2.62 bits per heavy atom. The number of allylic oxidation sites excluding steroid dienone is 1. The number of nitrogens with zero attached hydrogens (tertiary/aromatic N) is 4. The van der Waals surface area contributed by atoms with Crippen molar-refractivity contribution in [1.82, 2.24) is 19.7 Å². The first-order valence-electron chi connectivity index (χ1n) is 10.7. The molecule has 4 heterocycles. The number of aromatic carboxylic acids is 1. The van der Waals surface area contributed by atoms with E-state index in [0.717, 1.165) is 16.1 Å². The van der Waals surface area contributed by atoms with E-state index in [2.05, 4.69) is 25.7 Å². The predicted molar refractivity (Wildman–Crippen MR) is 123 cm³/mol. The molecule has 37 heavy (non-hydrogen) atoms. The van der Waals surface area contributed by atoms with E-state index in [1.165, 1.54) is 19.2 Å². The minimum atomic E-state index is -4.92. The van der Waals surface area contributed by atoms with Crippen molar-refractivity contribution in [2.24, 2.45) is 0 Å². The Morgan fingerprint density at radius 1 is 1.14 bits per heavy atom. The summed E-state index contributed by atoms with van der Waals surface area (Å²) < 4.78 is 55.1. The highest BCUT2D eigenvalue weighted by molar-refractivity contribution is 6.06. The molecule has 9 nitrogen and oxygen atoms in total. The van der Waals surface area contributed by atoms with Crippen molar-refractivity contribution in [2.75, 3.05) is 10.6 Å². The van der Waals surface area contributed by atoms with Gasteiger partial charge in [0.25, 0.3) is 5.91 Å². The summed E-state index contributed by atoms with van der Waals surface area (Å²) in [6.07, 6.45) is -1.79. The Hall–Kier alpha value is -4.81. The van der Waals surface area contributed by atoms with Gasteiger partial charge in [0.15, 0.2) is 5.69 Å². The molecule has 1 aliphatic rings. The number of pyridine rings is 2. The normalized spacial score (nSPS) is 15.3. The van der Waals surface area contributed by atoms with Crippen LogP contribution in [0.4, 0.5) is 29.2 Å². The van der Waals surface area contributed by atoms with E-state index in [4.69, 9.17) is 0 Å². The highest BCUT2D eigenvalue weighted by atomic mass is 19.4. The number of carbonyl (C=O) groups is 2. The average Bonchev–Trinajstić information content (AvgIpc) is 3.26. The van der Waals surface area contributed by atoms with Crippen molar-refractivity contribution in [3.05, 3.63) is 88.8 Å². The summed E-state index contributed by atoms with van der Waals surface area (Å²) in [6, 6.07) is 7.09. The molecule has 3 aromatic heterocycles. The summed E-state index contributed by atoms with van der Waals surface area (Å²) in [6.45, 7) is 1.53. The molecule has 1 amide bonds. The van der Waals surface area contributed by atoms with E-state index >= 15 is 0 Å². The maximum absolute atomic E-state index is 14.5. The zero-order valence-electron chi connectivity index (χ0n) is 18.8. The van der Waals surface area contributed by atoms with E-state index in [-0.39, 0.29) is 34.2 Å². The van der Waals surface area contributed by atoms with Crippen molar-refractivity contribution in [1.29, 1.82) is 0 Å². The molecule has 5 rings (SSSR count). The highest BCUT2D eigenvalue weighted by Gasteiger charge is 2.37. The van der Waals surface area contributed by atoms with Gasteiger partial charge in [-0.25, -0.2) is 18.9 Å². The molecule has 1 atom stereocenters. The first-order valence-corrected chi connectivity index (χ1v) is 10.7. The summed E-state index contributed by atoms with van der Waals surface area (Å²) >= 11 is 0. The third kappa shape index (κ3) is 4.35. The summed E-state index contributed by atoms with van der Waals surface area (Å²) in [5.41, 5.74) is -1.10. The summed E-state index contributed by atoms with van der Waals surface area (Å²) in [5.74, 6) is -3.27. The largest absolute Gasteiger partial charge is 0.476 e. The molecule has 0 fully saturated rings. The molecule has 0 spiro atoms. The smallest absolute Gasteiger partial charge is 0.419 e. The lowest BCUT2D eigenvalue weighted by atomic mass is 9.93. The summed E-state index contributed by atoms with van der Waals surface area (Å²) in [7, 11) is 0. The van der Waals surface area contributed by atoms with E-state index in [1.54, 1.807) is 24.4 Å². The van der Waals surface area contributed by atoms with Crippen LogP contribution in [0.3, 0.4) is 0 Å². The van der Waals surface area contributed by atoms with Crippen LogP contribution < -0.4 is 10.6 Å². The third-order valence-electron chi connectivity index (χ3n) is 5.78. The Bertz CT molecular complexity index is 1610. The maximum atomic E-state index is 14.5. The van der Waals surface area contributed by atoms with E-state index < -0.39 is 35.5 Å². The zero-order valence-corrected chi connectivity index (χ0v) is 18.8. The van der Waals surface area contributed by atoms with Gasteiger partial charge in [-0.1, -0.05) is 6.07 Å². The fraction of sp³-hybridized carbons (Fsp3) is 0.125. The zero-order chi connectivity index (χ0) is 26.5. The standard InChI is InChI=1S/C24H16F4N6O3/c1-11-20(22(35)32-18-5-3-13-10-29-7-6-16(13)31-18)21(34-19(30-11)9-17(33-34)23(36)37)12-2-4-14(15(25)8-12)24(26,27)28/h2-10,21,30H,1H3,(H,36,37)(H,31,32,35). The summed E-state index contributed by atoms with van der Waals surface area (Å²) in [5, 5.41) is 19.6. The lowest BCUT2D eigenvalue weighted by Gasteiger charge is -2.30. The second kappa shape index (κ2) is 8.69. The number of rotatable bonds is 4. The molecule has 1 aromatic carbocycles. The number of nitrogens with one attached hydrogen (secondary N) is 2. The van der Waals surface area contributed by atoms with Crippen LogP contribution in [0.1, 0.15) is 34.6 Å². The van der Waals surface area contributed by atoms with Gasteiger partial charge in [-0.15, -0.1) is 0 Å². The fourth-order valence-electron chi connectivity index (χ4n) is 4.13. The second-order valence-electron chi connectivity index (χ2n) is 8.19. The van der Waals surface area contributed by atoms with E-state index in [1.807, 2.05) is 0 Å². The van der Waals surface area contributed by atoms with Gasteiger partial charge < -0.3 is 15.7 Å². The van der Waals surface area contributed by atoms with Crippen LogP contribution in [0.5, 0.6) is 0 Å². The number of carboxylic acid groups (broad SMARTS) is 1. The first-order chi connectivity index (χ1) is 17.5. The molecule has 1 unspecified atom stereocenters. The van der Waals surface area contributed by atoms with Crippen LogP contribution in [-0.2, 0) is 11.0 Å². The molecule has 0 saturated heterocycles. The minimum Gasteiger partial charge on any atom is -0.476 e. The van der Waals surface area contributed by atoms with Gasteiger partial charge in [0.1, 0.15) is 23.5 Å². The Kier molecular flexibility index (Phi) is 5.62. The van der Waals surface area contributed by atoms with Gasteiger partial charge in [0.2, 0.25) is 0 Å². The molecule has 0 saturated carbocycles. The number of benzene rings is 1. The number of halogens is 4. The number of carboxylic acids is 1. The highest BCUT2D eigenvalue weighted by Crippen LogP contribution is 2.39. The molecule has 4 aromatic rings. The van der Waals surface area contributed by atoms with Crippen LogP contribution in [0, 0.1) is 5.82 Å². The van der Waals surface area contributed by atoms with Gasteiger partial charge >= 0.3 is 12.1 Å². The topological polar surface area (TPSA) is 122 Å². The number of aromatic nitrogens is 4. The number of anilines is 2. The van der Waals surface area contributed by atoms with Gasteiger partial charge in [-0.3, -0.25) is 9.78 Å². The molecular weight excluding hydrogens is 496 g/mol. The van der Waals surface area contributed by atoms with Gasteiger partial charge in [0.05, 0.1) is 16.7 Å². The van der Waals surface area contributed by atoms with Crippen molar-refractivity contribution >= 4 is 34.4 Å². The molecule has 3 N–H and O–H groups in total. The van der Waals surface area contributed by atoms with E-state index in [0.29, 0.717) is 17.6 Å². The molecular formula is C24H16F4N6O3. The van der Waals surface area contributed by atoms with Crippen molar-refractivity contribution in [3.63, 3.8) is 0 Å². The Balaban J connectivity index is 1.60. The lowest BCUT2D eigenvalue weighted by molar-refractivity contribution is -0.140. The fourth-order valence-corrected chi connectivity index (χ4v) is 4.13. The van der Waals surface area contributed by atoms with Crippen molar-refractivity contribution in [3.8, 4) is 0 Å². The Morgan fingerprint density at radius 2 is 1.92 bits per heavy atom. The van der Waals surface area contributed by atoms with Crippen molar-refractivity contribution in [2.45, 2.75) is 19.1 Å². The van der Waals surface area contributed by atoms with Crippen molar-refractivity contribution < 1.29 is 32.3 Å². The number of alkyl halides is 3. The quantitative estimate of drug-likeness (QED) is 0.342. The van der Waals surface area contributed by atoms with Gasteiger partial charge in [-0.05, 0) is 42.8 Å². The number of fused-ring (bicyclic) bond motifs is 2. The van der Waals surface area contributed by atoms with Gasteiger partial charge in [-0.2, -0.15) is 18.3 Å². The number of hydrogen-bond donors (Lipinski definition) is 3. The van der Waals surface area contributed by atoms with Crippen LogP contribution >= 0.6 is 0 Å². The number of amides is 1. The predicted octanol–water partition coefficient (Wildman–Crippen LogP) is 4.61. The van der Waals surface area contributed by atoms with Crippen LogP contribution in [0.25, 0.3) is 10.9 Å². The van der Waals surface area contributed by atoms with Crippen LogP contribution in [-0.4, -0.2) is 36.7 Å². The lowest BCUT2D eigenvalue weighted by Crippen LogP contribution is -2.31. The number of hydrogen-bond acceptors (Lipinski definition) is 6. The van der Waals surface area contributed by atoms with E-state index in [9.17, 15) is 32.3 Å². The SMILES string of the molecule is CC1=C(C(=O)Nc2ccc3cnccc3n2)C(c2ccc(C(F)(F)F)c(F)c2)n2nc(C(=O)O)cc2N1. The number of carbonyl (C=O) groups excluding carboxylic acids is 1. The molecule has 0 bridgehead atoms. The molecule has 188 valence electrons. The van der Waals surface area contributed by atoms with Crippen LogP contribution in [0.2, 0.25) is 0 Å². The Labute approximate surface area is 205 Å². The third-order valence-corrected chi connectivity index (χ3v) is 5.78. The molecule has 0 radical (unpaired) electrons. The maximum Gasteiger partial charge on any atom is 0.419 e. The minimum absolute atomic E-state index is 0.0247. The summed E-state index contributed by atoms with van der Waals surface area (Å²) in [4.78, 5) is 33.3. The molecule has 1 aliphatic heterocycles. The molecule has 13 heteroatoms. The first kappa shape index (κ1) is 23.9. The monoisotopic (exact) mass is 512 g/mol. The van der Waals surface area contributed by atoms with Crippen LogP contribution in [0.15, 0.2) is 66.1 Å². The van der Waals surface area contributed by atoms with Gasteiger partial charge in [0, 0.05) is 29.5 Å². The molecule has 0 aliphatic carbocycles. The second-order valence-corrected chi connectivity index (χ2v) is 8.19. The average molecular weight is 512 g/mol.